The minimum absolute atomic E-state index is 0.112. The van der Waals surface area contributed by atoms with Crippen molar-refractivity contribution in [2.45, 2.75) is 26.7 Å². The lowest BCUT2D eigenvalue weighted by atomic mass is 10.0. The van der Waals surface area contributed by atoms with Crippen LogP contribution in [-0.2, 0) is 4.79 Å². The van der Waals surface area contributed by atoms with Crippen LogP contribution in [0.3, 0.4) is 0 Å². The standard InChI is InChI=1S/C12H16NO/c1-3-10(4-2)12(14)13-11-8-6-5-7-9-11/h6-10H,3-4H2,1-2H3,(H,13,14). The second-order valence-electron chi connectivity index (χ2n) is 3.29. The molecular weight excluding hydrogens is 174 g/mol. The summed E-state index contributed by atoms with van der Waals surface area (Å²) in [6, 6.07) is 10.2. The Labute approximate surface area is 85.3 Å². The van der Waals surface area contributed by atoms with E-state index in [1.807, 2.05) is 26.0 Å². The lowest BCUT2D eigenvalue weighted by Gasteiger charge is -2.12. The van der Waals surface area contributed by atoms with E-state index in [1.54, 1.807) is 12.1 Å². The Kier molecular flexibility index (Phi) is 4.17. The van der Waals surface area contributed by atoms with Crippen molar-refractivity contribution in [3.63, 3.8) is 0 Å². The topological polar surface area (TPSA) is 29.1 Å². The first kappa shape index (κ1) is 10.8. The highest BCUT2D eigenvalue weighted by molar-refractivity contribution is 5.92. The van der Waals surface area contributed by atoms with Crippen LogP contribution in [0.1, 0.15) is 26.7 Å². The molecule has 1 aromatic carbocycles. The molecule has 1 N–H and O–H groups in total. The molecule has 2 nitrogen and oxygen atoms in total. The van der Waals surface area contributed by atoms with Crippen molar-refractivity contribution in [2.24, 2.45) is 5.92 Å². The third-order valence-corrected chi connectivity index (χ3v) is 2.34. The third-order valence-electron chi connectivity index (χ3n) is 2.34. The Hall–Kier alpha value is -1.31. The van der Waals surface area contributed by atoms with Gasteiger partial charge in [-0.3, -0.25) is 4.79 Å². The first-order valence-corrected chi connectivity index (χ1v) is 5.04. The quantitative estimate of drug-likeness (QED) is 0.777. The van der Waals surface area contributed by atoms with Crippen molar-refractivity contribution in [2.75, 3.05) is 5.32 Å². The summed E-state index contributed by atoms with van der Waals surface area (Å²) in [5, 5.41) is 2.88. The van der Waals surface area contributed by atoms with E-state index in [0.717, 1.165) is 18.5 Å². The highest BCUT2D eigenvalue weighted by Crippen LogP contribution is 2.12. The predicted molar refractivity (Wildman–Crippen MR) is 58.0 cm³/mol. The fourth-order valence-corrected chi connectivity index (χ4v) is 1.37. The molecule has 0 fully saturated rings. The summed E-state index contributed by atoms with van der Waals surface area (Å²) in [7, 11) is 0. The molecule has 0 saturated heterocycles. The van der Waals surface area contributed by atoms with Crippen LogP contribution < -0.4 is 5.32 Å². The number of amides is 1. The van der Waals surface area contributed by atoms with Crippen molar-refractivity contribution in [3.05, 3.63) is 30.3 Å². The summed E-state index contributed by atoms with van der Waals surface area (Å²) in [6.07, 6.45) is 1.78. The van der Waals surface area contributed by atoms with Crippen LogP contribution in [0.25, 0.3) is 0 Å². The minimum Gasteiger partial charge on any atom is -0.326 e. The van der Waals surface area contributed by atoms with Gasteiger partial charge in [-0.15, -0.1) is 0 Å². The molecule has 0 bridgehead atoms. The summed E-state index contributed by atoms with van der Waals surface area (Å²) in [6.45, 7) is 4.07. The van der Waals surface area contributed by atoms with Gasteiger partial charge in [0, 0.05) is 11.6 Å². The van der Waals surface area contributed by atoms with Crippen LogP contribution in [-0.4, -0.2) is 5.91 Å². The summed E-state index contributed by atoms with van der Waals surface area (Å²) in [5.74, 6) is 0.236. The largest absolute Gasteiger partial charge is 0.326 e. The lowest BCUT2D eigenvalue weighted by molar-refractivity contribution is -0.120. The summed E-state index contributed by atoms with van der Waals surface area (Å²) < 4.78 is 0. The van der Waals surface area contributed by atoms with Gasteiger partial charge in [0.15, 0.2) is 0 Å². The number of hydrogen-bond acceptors (Lipinski definition) is 1. The van der Waals surface area contributed by atoms with Crippen LogP contribution in [0.2, 0.25) is 0 Å². The molecule has 1 aromatic rings. The van der Waals surface area contributed by atoms with Gasteiger partial charge >= 0.3 is 0 Å². The van der Waals surface area contributed by atoms with Gasteiger partial charge < -0.3 is 5.32 Å². The van der Waals surface area contributed by atoms with Crippen LogP contribution in [0.15, 0.2) is 24.3 Å². The zero-order valence-electron chi connectivity index (χ0n) is 8.71. The smallest absolute Gasteiger partial charge is 0.227 e. The molecule has 0 unspecified atom stereocenters. The predicted octanol–water partition coefficient (Wildman–Crippen LogP) is 2.86. The zero-order chi connectivity index (χ0) is 10.4. The molecule has 14 heavy (non-hydrogen) atoms. The molecule has 0 aliphatic heterocycles. The van der Waals surface area contributed by atoms with Crippen LogP contribution >= 0.6 is 0 Å². The lowest BCUT2D eigenvalue weighted by Crippen LogP contribution is -2.21. The maximum Gasteiger partial charge on any atom is 0.227 e. The number of carbonyl (C=O) groups is 1. The van der Waals surface area contributed by atoms with Crippen molar-refractivity contribution < 1.29 is 4.79 Å². The molecule has 0 aliphatic carbocycles. The van der Waals surface area contributed by atoms with Crippen LogP contribution in [0.5, 0.6) is 0 Å². The average molecular weight is 190 g/mol. The number of rotatable bonds is 4. The van der Waals surface area contributed by atoms with Crippen molar-refractivity contribution >= 4 is 11.6 Å². The first-order valence-electron chi connectivity index (χ1n) is 5.04. The van der Waals surface area contributed by atoms with Crippen LogP contribution in [0.4, 0.5) is 5.69 Å². The molecule has 0 saturated carbocycles. The SMILES string of the molecule is CCC(CC)C(=O)Nc1cc[c]cc1. The Bertz CT molecular complexity index is 278. The normalized spacial score (nSPS) is 10.2. The maximum absolute atomic E-state index is 11.7. The molecule has 2 heteroatoms. The van der Waals surface area contributed by atoms with E-state index in [-0.39, 0.29) is 11.8 Å². The molecule has 1 rings (SSSR count). The van der Waals surface area contributed by atoms with E-state index in [1.165, 1.54) is 0 Å². The summed E-state index contributed by atoms with van der Waals surface area (Å²) >= 11 is 0. The van der Waals surface area contributed by atoms with Crippen molar-refractivity contribution in [1.82, 2.24) is 0 Å². The Morgan fingerprint density at radius 3 is 2.43 bits per heavy atom. The fraction of sp³-hybridized carbons (Fsp3) is 0.417. The van der Waals surface area contributed by atoms with Gasteiger partial charge in [-0.05, 0) is 31.0 Å². The molecule has 0 heterocycles. The third kappa shape index (κ3) is 2.87. The summed E-state index contributed by atoms with van der Waals surface area (Å²) in [5.41, 5.74) is 0.848. The maximum atomic E-state index is 11.7. The highest BCUT2D eigenvalue weighted by atomic mass is 16.1. The monoisotopic (exact) mass is 190 g/mol. The zero-order valence-corrected chi connectivity index (χ0v) is 8.71. The molecular formula is C12H16NO. The van der Waals surface area contributed by atoms with Gasteiger partial charge in [0.1, 0.15) is 0 Å². The number of carbonyl (C=O) groups excluding carboxylic acids is 1. The second-order valence-corrected chi connectivity index (χ2v) is 3.29. The number of hydrogen-bond donors (Lipinski definition) is 1. The molecule has 0 atom stereocenters. The van der Waals surface area contributed by atoms with E-state index >= 15 is 0 Å². The summed E-state index contributed by atoms with van der Waals surface area (Å²) in [4.78, 5) is 11.7. The van der Waals surface area contributed by atoms with E-state index in [4.69, 9.17) is 0 Å². The van der Waals surface area contributed by atoms with E-state index in [2.05, 4.69) is 11.4 Å². The fourth-order valence-electron chi connectivity index (χ4n) is 1.37. The van der Waals surface area contributed by atoms with E-state index < -0.39 is 0 Å². The van der Waals surface area contributed by atoms with Gasteiger partial charge in [-0.2, -0.15) is 0 Å². The number of benzene rings is 1. The van der Waals surface area contributed by atoms with Crippen molar-refractivity contribution in [3.8, 4) is 0 Å². The van der Waals surface area contributed by atoms with Crippen LogP contribution in [0, 0.1) is 12.0 Å². The minimum atomic E-state index is 0.112. The number of anilines is 1. The highest BCUT2D eigenvalue weighted by Gasteiger charge is 2.13. The van der Waals surface area contributed by atoms with Gasteiger partial charge in [-0.1, -0.05) is 26.0 Å². The van der Waals surface area contributed by atoms with Gasteiger partial charge in [0.05, 0.1) is 0 Å². The molecule has 0 spiro atoms. The van der Waals surface area contributed by atoms with Crippen molar-refractivity contribution in [1.29, 1.82) is 0 Å². The van der Waals surface area contributed by atoms with Gasteiger partial charge in [-0.25, -0.2) is 0 Å². The van der Waals surface area contributed by atoms with Gasteiger partial charge in [0.2, 0.25) is 5.91 Å². The molecule has 0 aromatic heterocycles. The molecule has 1 amide bonds. The Morgan fingerprint density at radius 1 is 1.36 bits per heavy atom. The first-order chi connectivity index (χ1) is 6.77. The molecule has 1 radical (unpaired) electrons. The van der Waals surface area contributed by atoms with Gasteiger partial charge in [0.25, 0.3) is 0 Å². The Balaban J connectivity index is 2.57. The Morgan fingerprint density at radius 2 is 1.93 bits per heavy atom. The van der Waals surface area contributed by atoms with E-state index in [9.17, 15) is 4.79 Å². The average Bonchev–Trinajstić information content (AvgIpc) is 2.21. The molecule has 0 aliphatic rings. The number of nitrogens with one attached hydrogen (secondary N) is 1. The second kappa shape index (κ2) is 5.43. The molecule has 75 valence electrons. The van der Waals surface area contributed by atoms with E-state index in [0.29, 0.717) is 0 Å².